The first kappa shape index (κ1) is 17.1. The lowest BCUT2D eigenvalue weighted by Gasteiger charge is -2.20. The van der Waals surface area contributed by atoms with Gasteiger partial charge in [0.1, 0.15) is 5.75 Å². The number of fused-ring (bicyclic) bond motifs is 1. The molecule has 0 N–H and O–H groups in total. The van der Waals surface area contributed by atoms with Gasteiger partial charge in [0.25, 0.3) is 0 Å². The Balaban J connectivity index is 1.94. The highest BCUT2D eigenvalue weighted by Gasteiger charge is 2.24. The summed E-state index contributed by atoms with van der Waals surface area (Å²) in [6, 6.07) is 14.0. The molecule has 0 amide bonds. The molecule has 5 heteroatoms. The van der Waals surface area contributed by atoms with Crippen LogP contribution in [0.2, 0.25) is 0 Å². The van der Waals surface area contributed by atoms with Crippen LogP contribution in [0.1, 0.15) is 37.3 Å². The monoisotopic (exact) mass is 342 g/mol. The molecule has 0 spiro atoms. The van der Waals surface area contributed by atoms with E-state index in [-0.39, 0.29) is 25.3 Å². The van der Waals surface area contributed by atoms with E-state index < -0.39 is 0 Å². The molecule has 132 valence electrons. The van der Waals surface area contributed by atoms with Gasteiger partial charge in [0.05, 0.1) is 6.61 Å². The lowest BCUT2D eigenvalue weighted by molar-refractivity contribution is -0.145. The Labute approximate surface area is 147 Å². The number of esters is 1. The van der Waals surface area contributed by atoms with Crippen molar-refractivity contribution < 1.29 is 23.7 Å². The minimum absolute atomic E-state index is 0.132. The lowest BCUT2D eigenvalue weighted by Crippen LogP contribution is -2.16. The van der Waals surface area contributed by atoms with Crippen LogP contribution in [0.4, 0.5) is 0 Å². The van der Waals surface area contributed by atoms with Gasteiger partial charge in [-0.2, -0.15) is 0 Å². The molecule has 1 atom stereocenters. The van der Waals surface area contributed by atoms with Crippen molar-refractivity contribution in [2.45, 2.75) is 26.2 Å². The van der Waals surface area contributed by atoms with Crippen LogP contribution in [0.25, 0.3) is 0 Å². The standard InChI is InChI=1S/C20H22O5/c1-3-15(14-8-6-5-7-9-14)16-10-18-19(25-13-24-18)11-17(16)23-12-20(21)22-4-2/h5-11,15H,3-4,12-13H2,1-2H3/t15-/m1/s1. The van der Waals surface area contributed by atoms with Crippen LogP contribution in [-0.2, 0) is 9.53 Å². The molecule has 3 rings (SSSR count). The van der Waals surface area contributed by atoms with Crippen LogP contribution in [0.5, 0.6) is 17.2 Å². The zero-order valence-electron chi connectivity index (χ0n) is 14.5. The van der Waals surface area contributed by atoms with Crippen LogP contribution < -0.4 is 14.2 Å². The third-order valence-electron chi connectivity index (χ3n) is 4.14. The third-order valence-corrected chi connectivity index (χ3v) is 4.14. The van der Waals surface area contributed by atoms with Gasteiger partial charge >= 0.3 is 5.97 Å². The van der Waals surface area contributed by atoms with E-state index in [1.165, 1.54) is 5.56 Å². The SMILES string of the molecule is CCOC(=O)COc1cc2c(cc1[C@H](CC)c1ccccc1)OCO2. The number of rotatable bonds is 7. The van der Waals surface area contributed by atoms with Crippen LogP contribution in [0.3, 0.4) is 0 Å². The second-order valence-electron chi connectivity index (χ2n) is 5.71. The van der Waals surface area contributed by atoms with Gasteiger partial charge in [-0.25, -0.2) is 4.79 Å². The van der Waals surface area contributed by atoms with E-state index in [0.29, 0.717) is 23.9 Å². The van der Waals surface area contributed by atoms with E-state index >= 15 is 0 Å². The maximum atomic E-state index is 11.7. The number of hydrogen-bond donors (Lipinski definition) is 0. The first-order valence-electron chi connectivity index (χ1n) is 8.49. The van der Waals surface area contributed by atoms with Gasteiger partial charge < -0.3 is 18.9 Å². The molecule has 0 saturated heterocycles. The van der Waals surface area contributed by atoms with Crippen LogP contribution >= 0.6 is 0 Å². The van der Waals surface area contributed by atoms with E-state index in [1.54, 1.807) is 13.0 Å². The molecule has 25 heavy (non-hydrogen) atoms. The summed E-state index contributed by atoms with van der Waals surface area (Å²) in [6.07, 6.45) is 0.888. The van der Waals surface area contributed by atoms with Crippen LogP contribution in [0.15, 0.2) is 42.5 Å². The quantitative estimate of drug-likeness (QED) is 0.714. The topological polar surface area (TPSA) is 54.0 Å². The average molecular weight is 342 g/mol. The molecule has 0 unspecified atom stereocenters. The zero-order chi connectivity index (χ0) is 17.6. The summed E-state index contributed by atoms with van der Waals surface area (Å²) in [4.78, 5) is 11.7. The molecule has 2 aromatic rings. The molecule has 1 heterocycles. The Bertz CT molecular complexity index is 726. The second-order valence-corrected chi connectivity index (χ2v) is 5.71. The van der Waals surface area contributed by atoms with Gasteiger partial charge in [0.2, 0.25) is 6.79 Å². The summed E-state index contributed by atoms with van der Waals surface area (Å²) in [5, 5.41) is 0. The molecule has 1 aliphatic heterocycles. The molecular formula is C20H22O5. The average Bonchev–Trinajstić information content (AvgIpc) is 3.09. The van der Waals surface area contributed by atoms with E-state index in [0.717, 1.165) is 12.0 Å². The maximum absolute atomic E-state index is 11.7. The van der Waals surface area contributed by atoms with Crippen LogP contribution in [-0.4, -0.2) is 26.0 Å². The molecule has 0 fully saturated rings. The summed E-state index contributed by atoms with van der Waals surface area (Å²) in [6.45, 7) is 4.28. The highest BCUT2D eigenvalue weighted by molar-refractivity contribution is 5.71. The van der Waals surface area contributed by atoms with Crippen molar-refractivity contribution in [3.8, 4) is 17.2 Å². The van der Waals surface area contributed by atoms with Gasteiger partial charge in [0, 0.05) is 17.5 Å². The lowest BCUT2D eigenvalue weighted by atomic mass is 9.88. The maximum Gasteiger partial charge on any atom is 0.344 e. The molecule has 0 aliphatic carbocycles. The molecule has 5 nitrogen and oxygen atoms in total. The number of hydrogen-bond acceptors (Lipinski definition) is 5. The minimum Gasteiger partial charge on any atom is -0.481 e. The Morgan fingerprint density at radius 1 is 1.12 bits per heavy atom. The normalized spacial score (nSPS) is 13.4. The van der Waals surface area contributed by atoms with Crippen molar-refractivity contribution in [3.63, 3.8) is 0 Å². The second kappa shape index (κ2) is 7.92. The molecule has 2 aromatic carbocycles. The molecule has 0 bridgehead atoms. The van der Waals surface area contributed by atoms with Gasteiger partial charge in [-0.1, -0.05) is 37.3 Å². The highest BCUT2D eigenvalue weighted by Crippen LogP contribution is 2.43. The number of benzene rings is 2. The summed E-state index contributed by atoms with van der Waals surface area (Å²) < 4.78 is 21.7. The van der Waals surface area contributed by atoms with Crippen molar-refractivity contribution in [1.82, 2.24) is 0 Å². The fraction of sp³-hybridized carbons (Fsp3) is 0.350. The summed E-state index contributed by atoms with van der Waals surface area (Å²) >= 11 is 0. The number of ether oxygens (including phenoxy) is 4. The van der Waals surface area contributed by atoms with E-state index in [1.807, 2.05) is 24.3 Å². The first-order valence-corrected chi connectivity index (χ1v) is 8.49. The summed E-state index contributed by atoms with van der Waals surface area (Å²) in [7, 11) is 0. The third kappa shape index (κ3) is 3.87. The largest absolute Gasteiger partial charge is 0.481 e. The molecular weight excluding hydrogens is 320 g/mol. The van der Waals surface area contributed by atoms with Gasteiger partial charge in [-0.15, -0.1) is 0 Å². The van der Waals surface area contributed by atoms with Crippen molar-refractivity contribution >= 4 is 5.97 Å². The Morgan fingerprint density at radius 2 is 1.84 bits per heavy atom. The minimum atomic E-state index is -0.390. The molecule has 1 aliphatic rings. The highest BCUT2D eigenvalue weighted by atomic mass is 16.7. The predicted octanol–water partition coefficient (Wildman–Crippen LogP) is 3.90. The van der Waals surface area contributed by atoms with Gasteiger partial charge in [0.15, 0.2) is 18.1 Å². The smallest absolute Gasteiger partial charge is 0.344 e. The molecule has 0 aromatic heterocycles. The molecule has 0 saturated carbocycles. The van der Waals surface area contributed by atoms with Crippen LogP contribution in [0, 0.1) is 0 Å². The fourth-order valence-electron chi connectivity index (χ4n) is 3.00. The summed E-state index contributed by atoms with van der Waals surface area (Å²) in [5.74, 6) is 1.69. The summed E-state index contributed by atoms with van der Waals surface area (Å²) in [5.41, 5.74) is 2.16. The van der Waals surface area contributed by atoms with E-state index in [9.17, 15) is 4.79 Å². The van der Waals surface area contributed by atoms with Crippen molar-refractivity contribution in [1.29, 1.82) is 0 Å². The van der Waals surface area contributed by atoms with Crippen molar-refractivity contribution in [3.05, 3.63) is 53.6 Å². The Kier molecular flexibility index (Phi) is 5.43. The van der Waals surface area contributed by atoms with Gasteiger partial charge in [-0.3, -0.25) is 0 Å². The molecule has 0 radical (unpaired) electrons. The first-order chi connectivity index (χ1) is 12.2. The number of carbonyl (C=O) groups excluding carboxylic acids is 1. The predicted molar refractivity (Wildman–Crippen MR) is 93.3 cm³/mol. The Morgan fingerprint density at radius 3 is 2.52 bits per heavy atom. The van der Waals surface area contributed by atoms with E-state index in [2.05, 4.69) is 19.1 Å². The fourth-order valence-corrected chi connectivity index (χ4v) is 3.00. The van der Waals surface area contributed by atoms with Gasteiger partial charge in [-0.05, 0) is 25.0 Å². The number of carbonyl (C=O) groups is 1. The van der Waals surface area contributed by atoms with E-state index in [4.69, 9.17) is 18.9 Å². The van der Waals surface area contributed by atoms with Crippen molar-refractivity contribution in [2.75, 3.05) is 20.0 Å². The Hall–Kier alpha value is -2.69. The zero-order valence-corrected chi connectivity index (χ0v) is 14.5. The van der Waals surface area contributed by atoms with Crippen molar-refractivity contribution in [2.24, 2.45) is 0 Å².